The van der Waals surface area contributed by atoms with Crippen LogP contribution in [0.2, 0.25) is 5.02 Å². The first-order valence-electron chi connectivity index (χ1n) is 10.9. The fourth-order valence-electron chi connectivity index (χ4n) is 4.19. The van der Waals surface area contributed by atoms with Crippen LogP contribution in [0, 0.1) is 18.7 Å². The van der Waals surface area contributed by atoms with Gasteiger partial charge in [0.2, 0.25) is 15.9 Å². The minimum Gasteiger partial charge on any atom is -0.378 e. The maximum atomic E-state index is 13.4. The molecule has 2 aromatic rings. The second-order valence-corrected chi connectivity index (χ2v) is 10.7. The molecule has 0 unspecified atom stereocenters. The number of hydrogen-bond acceptors (Lipinski definition) is 5. The van der Waals surface area contributed by atoms with Crippen molar-refractivity contribution in [2.75, 3.05) is 49.6 Å². The van der Waals surface area contributed by atoms with E-state index in [0.717, 1.165) is 42.2 Å². The van der Waals surface area contributed by atoms with Gasteiger partial charge < -0.3 is 15.0 Å². The largest absolute Gasteiger partial charge is 0.378 e. The molecule has 0 atom stereocenters. The Labute approximate surface area is 198 Å². The van der Waals surface area contributed by atoms with Crippen molar-refractivity contribution in [3.8, 4) is 0 Å². The van der Waals surface area contributed by atoms with Crippen LogP contribution in [0.15, 0.2) is 41.3 Å². The molecule has 178 valence electrons. The highest BCUT2D eigenvalue weighted by molar-refractivity contribution is 7.89. The second kappa shape index (κ2) is 9.97. The average Bonchev–Trinajstić information content (AvgIpc) is 2.82. The lowest BCUT2D eigenvalue weighted by Gasteiger charge is -2.31. The molecule has 1 amide bonds. The summed E-state index contributed by atoms with van der Waals surface area (Å²) in [6, 6.07) is 9.34. The van der Waals surface area contributed by atoms with Crippen LogP contribution in [0.4, 0.5) is 15.8 Å². The van der Waals surface area contributed by atoms with E-state index in [1.54, 1.807) is 0 Å². The zero-order chi connectivity index (χ0) is 23.6. The molecule has 2 aliphatic rings. The van der Waals surface area contributed by atoms with E-state index >= 15 is 0 Å². The average molecular weight is 496 g/mol. The molecular weight excluding hydrogens is 469 g/mol. The number of amides is 1. The molecule has 0 spiro atoms. The summed E-state index contributed by atoms with van der Waals surface area (Å²) in [4.78, 5) is 15.1. The third-order valence-corrected chi connectivity index (χ3v) is 8.38. The van der Waals surface area contributed by atoms with Gasteiger partial charge in [0, 0.05) is 43.5 Å². The number of piperidine rings is 1. The standard InChI is InChI=1S/C23H27ClFN3O4S/c1-16-14-18(27-10-12-32-13-11-27)2-5-22(16)26-23(29)17-6-8-28(9-7-17)33(30,31)19-3-4-21(25)20(24)15-19/h2-5,14-15,17H,6-13H2,1H3,(H,26,29). The molecule has 0 bridgehead atoms. The van der Waals surface area contributed by atoms with E-state index in [0.29, 0.717) is 26.1 Å². The van der Waals surface area contributed by atoms with Gasteiger partial charge in [-0.2, -0.15) is 4.31 Å². The Balaban J connectivity index is 1.36. The molecule has 1 N–H and O–H groups in total. The normalized spacial score (nSPS) is 18.3. The number of anilines is 2. The number of morpholine rings is 1. The summed E-state index contributed by atoms with van der Waals surface area (Å²) in [6.07, 6.45) is 0.815. The molecular formula is C23H27ClFN3O4S. The van der Waals surface area contributed by atoms with Gasteiger partial charge in [-0.25, -0.2) is 12.8 Å². The van der Waals surface area contributed by atoms with Gasteiger partial charge >= 0.3 is 0 Å². The number of halogens is 2. The van der Waals surface area contributed by atoms with E-state index in [4.69, 9.17) is 16.3 Å². The van der Waals surface area contributed by atoms with Crippen LogP contribution in [-0.4, -0.2) is 58.0 Å². The molecule has 2 aliphatic heterocycles. The third-order valence-electron chi connectivity index (χ3n) is 6.20. The predicted molar refractivity (Wildman–Crippen MR) is 126 cm³/mol. The van der Waals surface area contributed by atoms with Gasteiger partial charge in [-0.3, -0.25) is 4.79 Å². The molecule has 0 aliphatic carbocycles. The minimum atomic E-state index is -3.79. The Bertz CT molecular complexity index is 1130. The second-order valence-electron chi connectivity index (χ2n) is 8.34. The molecule has 0 aromatic heterocycles. The van der Waals surface area contributed by atoms with Crippen molar-refractivity contribution < 1.29 is 22.3 Å². The zero-order valence-corrected chi connectivity index (χ0v) is 20.0. The summed E-state index contributed by atoms with van der Waals surface area (Å²) in [5.74, 6) is -1.06. The maximum absolute atomic E-state index is 13.4. The number of carbonyl (C=O) groups excluding carboxylic acids is 1. The number of aryl methyl sites for hydroxylation is 1. The van der Waals surface area contributed by atoms with Gasteiger partial charge in [-0.05, 0) is 61.7 Å². The Kier molecular flexibility index (Phi) is 7.23. The number of sulfonamides is 1. The molecule has 0 saturated carbocycles. The number of nitrogens with zero attached hydrogens (tertiary/aromatic N) is 2. The molecule has 2 saturated heterocycles. The SMILES string of the molecule is Cc1cc(N2CCOCC2)ccc1NC(=O)C1CCN(S(=O)(=O)c2ccc(F)c(Cl)c2)CC1. The van der Waals surface area contributed by atoms with E-state index in [1.807, 2.05) is 19.1 Å². The molecule has 10 heteroatoms. The first-order chi connectivity index (χ1) is 15.8. The highest BCUT2D eigenvalue weighted by Gasteiger charge is 2.32. The molecule has 7 nitrogen and oxygen atoms in total. The van der Waals surface area contributed by atoms with E-state index in [1.165, 1.54) is 10.4 Å². The van der Waals surface area contributed by atoms with Gasteiger partial charge in [0.25, 0.3) is 0 Å². The van der Waals surface area contributed by atoms with Crippen LogP contribution < -0.4 is 10.2 Å². The van der Waals surface area contributed by atoms with Crippen LogP contribution >= 0.6 is 11.6 Å². The monoisotopic (exact) mass is 495 g/mol. The Morgan fingerprint density at radius 1 is 1.09 bits per heavy atom. The maximum Gasteiger partial charge on any atom is 0.243 e. The van der Waals surface area contributed by atoms with Gasteiger partial charge in [0.1, 0.15) is 5.82 Å². The summed E-state index contributed by atoms with van der Waals surface area (Å²) in [5, 5.41) is 2.76. The lowest BCUT2D eigenvalue weighted by molar-refractivity contribution is -0.120. The molecule has 2 fully saturated rings. The van der Waals surface area contributed by atoms with Crippen molar-refractivity contribution >= 4 is 38.9 Å². The molecule has 33 heavy (non-hydrogen) atoms. The molecule has 0 radical (unpaired) electrons. The molecule has 2 aromatic carbocycles. The minimum absolute atomic E-state index is 0.0483. The van der Waals surface area contributed by atoms with Crippen LogP contribution in [0.5, 0.6) is 0 Å². The molecule has 2 heterocycles. The predicted octanol–water partition coefficient (Wildman–Crippen LogP) is 3.66. The lowest BCUT2D eigenvalue weighted by atomic mass is 9.97. The van der Waals surface area contributed by atoms with Gasteiger partial charge in [0.05, 0.1) is 23.1 Å². The summed E-state index contributed by atoms with van der Waals surface area (Å²) < 4.78 is 45.8. The number of nitrogens with one attached hydrogen (secondary N) is 1. The van der Waals surface area contributed by atoms with Crippen molar-refractivity contribution in [1.82, 2.24) is 4.31 Å². The van der Waals surface area contributed by atoms with E-state index in [9.17, 15) is 17.6 Å². The van der Waals surface area contributed by atoms with Crippen LogP contribution in [0.3, 0.4) is 0 Å². The fraction of sp³-hybridized carbons (Fsp3) is 0.435. The van der Waals surface area contributed by atoms with Crippen LogP contribution in [0.25, 0.3) is 0 Å². The Morgan fingerprint density at radius 3 is 2.42 bits per heavy atom. The zero-order valence-electron chi connectivity index (χ0n) is 18.4. The number of benzene rings is 2. The number of carbonyl (C=O) groups is 1. The van der Waals surface area contributed by atoms with Crippen LogP contribution in [0.1, 0.15) is 18.4 Å². The van der Waals surface area contributed by atoms with Crippen molar-refractivity contribution in [3.05, 3.63) is 52.8 Å². The van der Waals surface area contributed by atoms with Crippen molar-refractivity contribution in [2.24, 2.45) is 5.92 Å². The van der Waals surface area contributed by atoms with Gasteiger partial charge in [-0.1, -0.05) is 11.6 Å². The van der Waals surface area contributed by atoms with Gasteiger partial charge in [0.15, 0.2) is 0 Å². The first-order valence-corrected chi connectivity index (χ1v) is 12.8. The quantitative estimate of drug-likeness (QED) is 0.684. The first kappa shape index (κ1) is 23.9. The Hall–Kier alpha value is -2.20. The number of ether oxygens (including phenoxy) is 1. The number of hydrogen-bond donors (Lipinski definition) is 1. The van der Waals surface area contributed by atoms with Crippen molar-refractivity contribution in [3.63, 3.8) is 0 Å². The van der Waals surface area contributed by atoms with Crippen molar-refractivity contribution in [1.29, 1.82) is 0 Å². The highest BCUT2D eigenvalue weighted by Crippen LogP contribution is 2.28. The summed E-state index contributed by atoms with van der Waals surface area (Å²) in [5.41, 5.74) is 2.83. The third kappa shape index (κ3) is 5.32. The van der Waals surface area contributed by atoms with Crippen molar-refractivity contribution in [2.45, 2.75) is 24.7 Å². The van der Waals surface area contributed by atoms with Crippen LogP contribution in [-0.2, 0) is 19.6 Å². The summed E-state index contributed by atoms with van der Waals surface area (Å²) in [6.45, 7) is 5.49. The van der Waals surface area contributed by atoms with Gasteiger partial charge in [-0.15, -0.1) is 0 Å². The smallest absolute Gasteiger partial charge is 0.243 e. The fourth-order valence-corrected chi connectivity index (χ4v) is 5.93. The topological polar surface area (TPSA) is 79.0 Å². The lowest BCUT2D eigenvalue weighted by Crippen LogP contribution is -2.41. The molecule has 4 rings (SSSR count). The van der Waals surface area contributed by atoms with E-state index in [2.05, 4.69) is 16.3 Å². The Morgan fingerprint density at radius 2 is 1.79 bits per heavy atom. The highest BCUT2D eigenvalue weighted by atomic mass is 35.5. The summed E-state index contributed by atoms with van der Waals surface area (Å²) in [7, 11) is -3.79. The van der Waals surface area contributed by atoms with E-state index < -0.39 is 15.8 Å². The summed E-state index contributed by atoms with van der Waals surface area (Å²) >= 11 is 5.75. The number of rotatable bonds is 5. The van der Waals surface area contributed by atoms with E-state index in [-0.39, 0.29) is 34.8 Å².